The Balaban J connectivity index is 1.90. The third kappa shape index (κ3) is 0.944. The lowest BCUT2D eigenvalue weighted by Gasteiger charge is -2.25. The molecule has 2 aliphatic heterocycles. The van der Waals surface area contributed by atoms with Crippen molar-refractivity contribution < 1.29 is 4.74 Å². The quantitative estimate of drug-likeness (QED) is 0.569. The van der Waals surface area contributed by atoms with E-state index in [1.165, 1.54) is 6.42 Å². The molecule has 0 amide bonds. The van der Waals surface area contributed by atoms with Crippen LogP contribution in [0, 0.1) is 0 Å². The molecule has 2 fully saturated rings. The van der Waals surface area contributed by atoms with Crippen molar-refractivity contribution in [3.8, 4) is 0 Å². The van der Waals surface area contributed by atoms with Gasteiger partial charge in [0, 0.05) is 19.3 Å². The molecule has 2 bridgehead atoms. The summed E-state index contributed by atoms with van der Waals surface area (Å²) in [5.41, 5.74) is 0. The Kier molecular flexibility index (Phi) is 1.64. The molecule has 0 aromatic rings. The first-order chi connectivity index (χ1) is 4.90. The van der Waals surface area contributed by atoms with E-state index in [9.17, 15) is 0 Å². The van der Waals surface area contributed by atoms with Crippen molar-refractivity contribution >= 4 is 0 Å². The third-order valence-electron chi connectivity index (χ3n) is 2.38. The predicted molar refractivity (Wildman–Crippen MR) is 38.8 cm³/mol. The van der Waals surface area contributed by atoms with Crippen LogP contribution in [-0.2, 0) is 4.74 Å². The fourth-order valence-electron chi connectivity index (χ4n) is 1.88. The number of nitrogens with zero attached hydrogens (tertiary/aromatic N) is 1. The van der Waals surface area contributed by atoms with Crippen molar-refractivity contribution in [3.63, 3.8) is 0 Å². The van der Waals surface area contributed by atoms with Crippen molar-refractivity contribution in [2.24, 2.45) is 0 Å². The minimum atomic E-state index is 0.540. The van der Waals surface area contributed by atoms with Gasteiger partial charge >= 0.3 is 0 Å². The number of hydrogen-bond donors (Lipinski definition) is 1. The van der Waals surface area contributed by atoms with Gasteiger partial charge in [-0.3, -0.25) is 4.90 Å². The Morgan fingerprint density at radius 3 is 3.10 bits per heavy atom. The molecule has 2 unspecified atom stereocenters. The van der Waals surface area contributed by atoms with Gasteiger partial charge in [0.1, 0.15) is 0 Å². The minimum absolute atomic E-state index is 0.540. The van der Waals surface area contributed by atoms with Gasteiger partial charge in [-0.25, -0.2) is 0 Å². The Morgan fingerprint density at radius 1 is 1.70 bits per heavy atom. The van der Waals surface area contributed by atoms with E-state index in [2.05, 4.69) is 10.2 Å². The van der Waals surface area contributed by atoms with E-state index in [0.29, 0.717) is 12.1 Å². The van der Waals surface area contributed by atoms with Crippen molar-refractivity contribution in [1.82, 2.24) is 10.2 Å². The maximum Gasteiger partial charge on any atom is 0.0719 e. The molecule has 0 aromatic heterocycles. The van der Waals surface area contributed by atoms with Gasteiger partial charge in [-0.05, 0) is 13.5 Å². The number of fused-ring (bicyclic) bond motifs is 2. The zero-order valence-corrected chi connectivity index (χ0v) is 6.34. The molecule has 0 saturated carbocycles. The molecule has 2 heterocycles. The van der Waals surface area contributed by atoms with Crippen LogP contribution < -0.4 is 5.32 Å². The summed E-state index contributed by atoms with van der Waals surface area (Å²) in [5.74, 6) is 0. The van der Waals surface area contributed by atoms with Crippen LogP contribution in [0.5, 0.6) is 0 Å². The number of hydrogen-bond acceptors (Lipinski definition) is 3. The summed E-state index contributed by atoms with van der Waals surface area (Å²) in [4.78, 5) is 2.45. The van der Waals surface area contributed by atoms with Gasteiger partial charge in [-0.15, -0.1) is 0 Å². The van der Waals surface area contributed by atoms with Crippen LogP contribution in [0.4, 0.5) is 0 Å². The summed E-state index contributed by atoms with van der Waals surface area (Å²) < 4.78 is 5.46. The van der Waals surface area contributed by atoms with Gasteiger partial charge in [0.15, 0.2) is 0 Å². The van der Waals surface area contributed by atoms with Gasteiger partial charge in [-0.1, -0.05) is 0 Å². The zero-order chi connectivity index (χ0) is 6.97. The second-order valence-corrected chi connectivity index (χ2v) is 3.13. The predicted octanol–water partition coefficient (Wildman–Crippen LogP) is -0.364. The van der Waals surface area contributed by atoms with Crippen LogP contribution in [0.3, 0.4) is 0 Å². The number of likely N-dealkylation sites (tertiary alicyclic amines) is 1. The van der Waals surface area contributed by atoms with Crippen molar-refractivity contribution in [1.29, 1.82) is 0 Å². The topological polar surface area (TPSA) is 24.5 Å². The lowest BCUT2D eigenvalue weighted by molar-refractivity contribution is 0.0283. The standard InChI is InChI=1S/C7H14N2O/c1-8-5-9-3-7-2-6(9)4-10-7/h6-8H,2-5H2,1H3. The van der Waals surface area contributed by atoms with Gasteiger partial charge in [0.05, 0.1) is 12.7 Å². The molecule has 0 aromatic carbocycles. The largest absolute Gasteiger partial charge is 0.375 e. The van der Waals surface area contributed by atoms with E-state index in [4.69, 9.17) is 4.74 Å². The molecule has 3 nitrogen and oxygen atoms in total. The third-order valence-corrected chi connectivity index (χ3v) is 2.38. The molecule has 0 aliphatic carbocycles. The summed E-state index contributed by atoms with van der Waals surface area (Å²) in [6.07, 6.45) is 1.79. The summed E-state index contributed by atoms with van der Waals surface area (Å²) in [7, 11) is 1.99. The lowest BCUT2D eigenvalue weighted by Crippen LogP contribution is -2.41. The van der Waals surface area contributed by atoms with Crippen LogP contribution in [0.1, 0.15) is 6.42 Å². The molecule has 2 atom stereocenters. The zero-order valence-electron chi connectivity index (χ0n) is 6.34. The van der Waals surface area contributed by atoms with Crippen LogP contribution in [0.25, 0.3) is 0 Å². The Morgan fingerprint density at radius 2 is 2.60 bits per heavy atom. The molecular weight excluding hydrogens is 128 g/mol. The monoisotopic (exact) mass is 142 g/mol. The number of morpholine rings is 1. The maximum atomic E-state index is 5.46. The Bertz CT molecular complexity index is 129. The van der Waals surface area contributed by atoms with E-state index in [1.54, 1.807) is 0 Å². The maximum absolute atomic E-state index is 5.46. The molecule has 3 heteroatoms. The summed E-state index contributed by atoms with van der Waals surface area (Å²) >= 11 is 0. The van der Waals surface area contributed by atoms with Gasteiger partial charge < -0.3 is 10.1 Å². The summed E-state index contributed by atoms with van der Waals surface area (Å²) in [6, 6.07) is 0.706. The highest BCUT2D eigenvalue weighted by atomic mass is 16.5. The first kappa shape index (κ1) is 6.58. The van der Waals surface area contributed by atoms with Gasteiger partial charge in [0.25, 0.3) is 0 Å². The fraction of sp³-hybridized carbons (Fsp3) is 1.00. The molecule has 10 heavy (non-hydrogen) atoms. The van der Waals surface area contributed by atoms with Crippen molar-refractivity contribution in [2.75, 3.05) is 26.9 Å². The molecule has 58 valence electrons. The van der Waals surface area contributed by atoms with Gasteiger partial charge in [0.2, 0.25) is 0 Å². The molecule has 1 N–H and O–H groups in total. The molecular formula is C7H14N2O. The van der Waals surface area contributed by atoms with Gasteiger partial charge in [-0.2, -0.15) is 0 Å². The van der Waals surface area contributed by atoms with E-state index in [0.717, 1.165) is 19.8 Å². The van der Waals surface area contributed by atoms with Crippen LogP contribution >= 0.6 is 0 Å². The van der Waals surface area contributed by atoms with Crippen LogP contribution in [0.2, 0.25) is 0 Å². The van der Waals surface area contributed by atoms with E-state index in [1.807, 2.05) is 7.05 Å². The summed E-state index contributed by atoms with van der Waals surface area (Å²) in [5, 5.41) is 3.16. The lowest BCUT2D eigenvalue weighted by atomic mass is 10.2. The fourth-order valence-corrected chi connectivity index (χ4v) is 1.88. The molecule has 2 rings (SSSR count). The average Bonchev–Trinajstić information content (AvgIpc) is 2.48. The number of nitrogens with one attached hydrogen (secondary N) is 1. The SMILES string of the molecule is CNCN1CC2CC1CO2. The highest BCUT2D eigenvalue weighted by molar-refractivity contribution is 4.90. The smallest absolute Gasteiger partial charge is 0.0719 e. The van der Waals surface area contributed by atoms with Crippen LogP contribution in [-0.4, -0.2) is 43.9 Å². The van der Waals surface area contributed by atoms with Crippen molar-refractivity contribution in [2.45, 2.75) is 18.6 Å². The average molecular weight is 142 g/mol. The highest BCUT2D eigenvalue weighted by Gasteiger charge is 2.38. The Labute approximate surface area is 61.3 Å². The number of ether oxygens (including phenoxy) is 1. The highest BCUT2D eigenvalue weighted by Crippen LogP contribution is 2.26. The van der Waals surface area contributed by atoms with Crippen molar-refractivity contribution in [3.05, 3.63) is 0 Å². The Hall–Kier alpha value is -0.120. The second-order valence-electron chi connectivity index (χ2n) is 3.13. The normalized spacial score (nSPS) is 39.3. The first-order valence-electron chi connectivity index (χ1n) is 3.90. The second kappa shape index (κ2) is 2.49. The minimum Gasteiger partial charge on any atom is -0.375 e. The van der Waals surface area contributed by atoms with E-state index in [-0.39, 0.29) is 0 Å². The number of rotatable bonds is 2. The molecule has 2 saturated heterocycles. The first-order valence-corrected chi connectivity index (χ1v) is 3.90. The molecule has 2 aliphatic rings. The molecule has 0 spiro atoms. The van der Waals surface area contributed by atoms with E-state index >= 15 is 0 Å². The van der Waals surface area contributed by atoms with E-state index < -0.39 is 0 Å². The van der Waals surface area contributed by atoms with Crippen LogP contribution in [0.15, 0.2) is 0 Å². The summed E-state index contributed by atoms with van der Waals surface area (Å²) in [6.45, 7) is 3.10. The molecule has 0 radical (unpaired) electrons.